The number of hydrogen-bond acceptors (Lipinski definition) is 6. The molecule has 0 radical (unpaired) electrons. The Labute approximate surface area is 204 Å². The minimum Gasteiger partial charge on any atom is -0.367 e. The molecular formula is C24H29FN6O3S. The van der Waals surface area contributed by atoms with Crippen LogP contribution >= 0.6 is 0 Å². The predicted octanol–water partition coefficient (Wildman–Crippen LogP) is 2.08. The predicted molar refractivity (Wildman–Crippen MR) is 130 cm³/mol. The lowest BCUT2D eigenvalue weighted by atomic mass is 10.1. The van der Waals surface area contributed by atoms with Gasteiger partial charge in [0.15, 0.2) is 0 Å². The molecule has 0 saturated carbocycles. The van der Waals surface area contributed by atoms with Crippen LogP contribution in [-0.4, -0.2) is 77.6 Å². The van der Waals surface area contributed by atoms with Gasteiger partial charge in [-0.1, -0.05) is 0 Å². The van der Waals surface area contributed by atoms with Crippen molar-refractivity contribution in [3.63, 3.8) is 0 Å². The fourth-order valence-corrected chi connectivity index (χ4v) is 7.11. The van der Waals surface area contributed by atoms with Crippen LogP contribution in [0.15, 0.2) is 35.4 Å². The van der Waals surface area contributed by atoms with E-state index in [2.05, 4.69) is 15.0 Å². The van der Waals surface area contributed by atoms with Crippen LogP contribution in [0.1, 0.15) is 17.8 Å². The van der Waals surface area contributed by atoms with Crippen LogP contribution in [0.5, 0.6) is 0 Å². The molecule has 2 saturated heterocycles. The van der Waals surface area contributed by atoms with Gasteiger partial charge in [-0.15, -0.1) is 0 Å². The first-order valence-electron chi connectivity index (χ1n) is 11.7. The Balaban J connectivity index is 1.25. The highest BCUT2D eigenvalue weighted by Gasteiger charge is 2.40. The molecule has 2 aromatic heterocycles. The van der Waals surface area contributed by atoms with Gasteiger partial charge in [-0.05, 0) is 38.5 Å². The van der Waals surface area contributed by atoms with Crippen LogP contribution in [0.4, 0.5) is 10.1 Å². The number of benzene rings is 1. The summed E-state index contributed by atoms with van der Waals surface area (Å²) in [6, 6.07) is 6.51. The molecule has 0 N–H and O–H groups in total. The van der Waals surface area contributed by atoms with E-state index in [1.807, 2.05) is 11.0 Å². The zero-order valence-corrected chi connectivity index (χ0v) is 20.9. The smallest absolute Gasteiger partial charge is 0.246 e. The summed E-state index contributed by atoms with van der Waals surface area (Å²) in [6.45, 7) is 6.34. The van der Waals surface area contributed by atoms with E-state index in [4.69, 9.17) is 0 Å². The number of piperazine rings is 1. The van der Waals surface area contributed by atoms with Crippen LogP contribution in [0.25, 0.3) is 10.9 Å². The zero-order valence-electron chi connectivity index (χ0n) is 20.1. The number of amides is 1. The van der Waals surface area contributed by atoms with Crippen LogP contribution in [-0.2, 0) is 21.9 Å². The molecule has 0 aliphatic carbocycles. The van der Waals surface area contributed by atoms with Gasteiger partial charge in [-0.25, -0.2) is 12.8 Å². The topological polar surface area (TPSA) is 91.6 Å². The number of anilines is 1. The molecule has 3 aromatic rings. The average molecular weight is 501 g/mol. The number of sulfonamides is 1. The second kappa shape index (κ2) is 8.87. The van der Waals surface area contributed by atoms with E-state index in [-0.39, 0.29) is 29.1 Å². The van der Waals surface area contributed by atoms with Gasteiger partial charge >= 0.3 is 0 Å². The van der Waals surface area contributed by atoms with Gasteiger partial charge in [0.1, 0.15) is 10.7 Å². The molecule has 35 heavy (non-hydrogen) atoms. The summed E-state index contributed by atoms with van der Waals surface area (Å²) in [6.07, 6.45) is 2.19. The minimum absolute atomic E-state index is 0.00337. The lowest BCUT2D eigenvalue weighted by Crippen LogP contribution is -2.50. The average Bonchev–Trinajstić information content (AvgIpc) is 3.43. The maximum atomic E-state index is 13.6. The van der Waals surface area contributed by atoms with E-state index >= 15 is 0 Å². The van der Waals surface area contributed by atoms with Gasteiger partial charge in [0.25, 0.3) is 0 Å². The van der Waals surface area contributed by atoms with Crippen LogP contribution < -0.4 is 4.90 Å². The van der Waals surface area contributed by atoms with Crippen molar-refractivity contribution < 1.29 is 17.6 Å². The van der Waals surface area contributed by atoms with Crippen molar-refractivity contribution >= 4 is 32.5 Å². The molecule has 2 fully saturated rings. The Hall–Kier alpha value is -3.05. The number of aromatic nitrogens is 3. The van der Waals surface area contributed by atoms with Gasteiger partial charge in [-0.2, -0.15) is 9.40 Å². The van der Waals surface area contributed by atoms with Crippen LogP contribution in [0.3, 0.4) is 0 Å². The van der Waals surface area contributed by atoms with Gasteiger partial charge in [0, 0.05) is 69.7 Å². The van der Waals surface area contributed by atoms with Crippen molar-refractivity contribution in [2.75, 3.05) is 44.2 Å². The molecule has 1 amide bonds. The zero-order chi connectivity index (χ0) is 24.9. The summed E-state index contributed by atoms with van der Waals surface area (Å²) in [4.78, 5) is 21.8. The molecule has 2 aliphatic heterocycles. The van der Waals surface area contributed by atoms with Crippen molar-refractivity contribution in [2.24, 2.45) is 13.0 Å². The molecule has 5 rings (SSSR count). The second-order valence-electron chi connectivity index (χ2n) is 9.28. The Morgan fingerprint density at radius 2 is 1.83 bits per heavy atom. The molecule has 9 nitrogen and oxygen atoms in total. The highest BCUT2D eigenvalue weighted by atomic mass is 32.2. The summed E-state index contributed by atoms with van der Waals surface area (Å²) < 4.78 is 43.1. The molecule has 1 atom stereocenters. The first-order valence-corrected chi connectivity index (χ1v) is 13.2. The van der Waals surface area contributed by atoms with Crippen molar-refractivity contribution in [3.8, 4) is 0 Å². The molecule has 4 heterocycles. The van der Waals surface area contributed by atoms with E-state index in [0.29, 0.717) is 56.0 Å². The summed E-state index contributed by atoms with van der Waals surface area (Å²) in [5, 5.41) is 5.12. The Morgan fingerprint density at radius 1 is 1.09 bits per heavy atom. The fraction of sp³-hybridized carbons (Fsp3) is 0.458. The highest BCUT2D eigenvalue weighted by Crippen LogP contribution is 2.30. The Kier molecular flexibility index (Phi) is 6.00. The van der Waals surface area contributed by atoms with E-state index in [0.717, 1.165) is 11.1 Å². The van der Waals surface area contributed by atoms with Crippen molar-refractivity contribution in [2.45, 2.75) is 25.2 Å². The molecule has 1 unspecified atom stereocenters. The molecule has 1 aromatic carbocycles. The van der Waals surface area contributed by atoms with Crippen molar-refractivity contribution in [1.82, 2.24) is 24.0 Å². The summed E-state index contributed by atoms with van der Waals surface area (Å²) in [5.41, 5.74) is 2.65. The van der Waals surface area contributed by atoms with Gasteiger partial charge < -0.3 is 9.80 Å². The first kappa shape index (κ1) is 23.7. The van der Waals surface area contributed by atoms with Gasteiger partial charge in [-0.3, -0.25) is 14.5 Å². The lowest BCUT2D eigenvalue weighted by molar-refractivity contribution is -0.135. The normalized spacial score (nSPS) is 19.6. The Bertz CT molecular complexity index is 1400. The number of aryl methyl sites for hydroxylation is 2. The van der Waals surface area contributed by atoms with Crippen LogP contribution in [0.2, 0.25) is 0 Å². The van der Waals surface area contributed by atoms with E-state index < -0.39 is 10.0 Å². The number of carbonyl (C=O) groups excluding carboxylic acids is 1. The monoisotopic (exact) mass is 500 g/mol. The lowest BCUT2D eigenvalue weighted by Gasteiger charge is -2.37. The SMILES string of the molecule is Cc1nn(C)c(C)c1S(=O)(=O)N1CCC(C(=O)N2CCN(c3ccnc4cc(F)ccc34)CC2)C1. The molecule has 0 bridgehead atoms. The summed E-state index contributed by atoms with van der Waals surface area (Å²) in [5.74, 6) is -0.666. The van der Waals surface area contributed by atoms with Gasteiger partial charge in [0.05, 0.1) is 22.8 Å². The fourth-order valence-electron chi connectivity index (χ4n) is 5.21. The minimum atomic E-state index is -3.71. The quantitative estimate of drug-likeness (QED) is 0.545. The van der Waals surface area contributed by atoms with E-state index in [1.54, 1.807) is 37.8 Å². The number of carbonyl (C=O) groups is 1. The maximum absolute atomic E-state index is 13.6. The first-order chi connectivity index (χ1) is 16.7. The summed E-state index contributed by atoms with van der Waals surface area (Å²) in [7, 11) is -1.98. The third-order valence-corrected chi connectivity index (χ3v) is 9.27. The van der Waals surface area contributed by atoms with Crippen LogP contribution in [0, 0.1) is 25.6 Å². The maximum Gasteiger partial charge on any atom is 0.246 e. The number of halogens is 1. The van der Waals surface area contributed by atoms with Crippen molar-refractivity contribution in [3.05, 3.63) is 47.7 Å². The summed E-state index contributed by atoms with van der Waals surface area (Å²) >= 11 is 0. The molecular weight excluding hydrogens is 471 g/mol. The second-order valence-corrected chi connectivity index (χ2v) is 11.2. The number of hydrogen-bond donors (Lipinski definition) is 0. The molecule has 2 aliphatic rings. The molecule has 0 spiro atoms. The highest BCUT2D eigenvalue weighted by molar-refractivity contribution is 7.89. The standard InChI is InChI=1S/C24H29FN6O3S/c1-16-23(17(2)28(3)27-16)35(33,34)31-9-7-18(15-31)24(32)30-12-10-29(11-13-30)22-6-8-26-21-14-19(25)4-5-20(21)22/h4-6,8,14,18H,7,9-13,15H2,1-3H3. The number of fused-ring (bicyclic) bond motifs is 1. The van der Waals surface area contributed by atoms with Gasteiger partial charge in [0.2, 0.25) is 15.9 Å². The van der Waals surface area contributed by atoms with Crippen molar-refractivity contribution in [1.29, 1.82) is 0 Å². The third kappa shape index (κ3) is 4.16. The van der Waals surface area contributed by atoms with E-state index in [9.17, 15) is 17.6 Å². The van der Waals surface area contributed by atoms with E-state index in [1.165, 1.54) is 16.4 Å². The molecule has 11 heteroatoms. The number of rotatable bonds is 4. The largest absolute Gasteiger partial charge is 0.367 e. The Morgan fingerprint density at radius 3 is 2.51 bits per heavy atom. The third-order valence-electron chi connectivity index (χ3n) is 7.15. The number of nitrogens with zero attached hydrogens (tertiary/aromatic N) is 6. The number of pyridine rings is 1. The molecule has 186 valence electrons.